The van der Waals surface area contributed by atoms with Crippen molar-refractivity contribution in [1.29, 1.82) is 0 Å². The molecule has 0 spiro atoms. The number of hydrogen-bond acceptors (Lipinski definition) is 6. The van der Waals surface area contributed by atoms with Gasteiger partial charge in [-0.1, -0.05) is 41.7 Å². The van der Waals surface area contributed by atoms with Crippen LogP contribution in [0, 0.1) is 0 Å². The normalized spacial score (nSPS) is 15.8. The molecule has 0 aliphatic heterocycles. The van der Waals surface area contributed by atoms with Gasteiger partial charge in [-0.15, -0.1) is 12.4 Å². The highest BCUT2D eigenvalue weighted by molar-refractivity contribution is 6.33. The maximum Gasteiger partial charge on any atom is 0.227 e. The monoisotopic (exact) mass is 394 g/mol. The van der Waals surface area contributed by atoms with E-state index in [4.69, 9.17) is 26.3 Å². The van der Waals surface area contributed by atoms with Gasteiger partial charge in [0.1, 0.15) is 0 Å². The average molecular weight is 395 g/mol. The summed E-state index contributed by atoms with van der Waals surface area (Å²) in [5, 5.41) is 4.70. The molecule has 138 valence electrons. The molecule has 26 heavy (non-hydrogen) atoms. The van der Waals surface area contributed by atoms with Crippen LogP contribution in [0.15, 0.2) is 39.4 Å². The van der Waals surface area contributed by atoms with E-state index in [1.54, 1.807) is 6.20 Å². The molecule has 0 bridgehead atoms. The van der Waals surface area contributed by atoms with Crippen molar-refractivity contribution in [3.63, 3.8) is 0 Å². The maximum absolute atomic E-state index is 6.35. The highest BCUT2D eigenvalue weighted by atomic mass is 35.5. The van der Waals surface area contributed by atoms with E-state index in [1.807, 2.05) is 24.3 Å². The van der Waals surface area contributed by atoms with Crippen LogP contribution >= 0.6 is 24.0 Å². The molecule has 1 aliphatic rings. The number of aromatic nitrogens is 3. The largest absolute Gasteiger partial charge is 0.441 e. The standard InChI is InChI=1S/C18H19ClN4O2.ClH/c19-13-6-2-1-5-12(13)14-11-21-15(24-14)7-8-16-22-17(23-25-16)18(20)9-3-4-10-18;/h1-2,5-6,11H,3-4,7-10,20H2;1H. The van der Waals surface area contributed by atoms with Crippen molar-refractivity contribution in [2.45, 2.75) is 44.1 Å². The Bertz CT molecular complexity index is 871. The number of rotatable bonds is 5. The van der Waals surface area contributed by atoms with Crippen LogP contribution < -0.4 is 5.73 Å². The number of hydrogen-bond donors (Lipinski definition) is 1. The summed E-state index contributed by atoms with van der Waals surface area (Å²) in [6.07, 6.45) is 6.86. The van der Waals surface area contributed by atoms with E-state index in [0.717, 1.165) is 31.2 Å². The van der Waals surface area contributed by atoms with Gasteiger partial charge in [-0.25, -0.2) is 4.98 Å². The zero-order valence-corrected chi connectivity index (χ0v) is 15.7. The van der Waals surface area contributed by atoms with Crippen LogP contribution in [0.3, 0.4) is 0 Å². The highest BCUT2D eigenvalue weighted by Crippen LogP contribution is 2.34. The zero-order chi connectivity index (χ0) is 17.3. The zero-order valence-electron chi connectivity index (χ0n) is 14.2. The first-order chi connectivity index (χ1) is 12.1. The third-order valence-electron chi connectivity index (χ3n) is 4.65. The minimum absolute atomic E-state index is 0. The minimum Gasteiger partial charge on any atom is -0.441 e. The van der Waals surface area contributed by atoms with Gasteiger partial charge in [0.05, 0.1) is 16.8 Å². The second-order valence-electron chi connectivity index (χ2n) is 6.47. The molecule has 1 saturated carbocycles. The molecule has 0 atom stereocenters. The number of nitrogens with two attached hydrogens (primary N) is 1. The van der Waals surface area contributed by atoms with E-state index >= 15 is 0 Å². The minimum atomic E-state index is -0.429. The van der Waals surface area contributed by atoms with E-state index in [-0.39, 0.29) is 12.4 Å². The summed E-state index contributed by atoms with van der Waals surface area (Å²) in [4.78, 5) is 8.77. The summed E-state index contributed by atoms with van der Waals surface area (Å²) in [7, 11) is 0. The van der Waals surface area contributed by atoms with Gasteiger partial charge in [0.2, 0.25) is 5.89 Å². The van der Waals surface area contributed by atoms with E-state index in [1.165, 1.54) is 0 Å². The van der Waals surface area contributed by atoms with Gasteiger partial charge in [-0.3, -0.25) is 0 Å². The quantitative estimate of drug-likeness (QED) is 0.692. The number of nitrogens with zero attached hydrogens (tertiary/aromatic N) is 3. The lowest BCUT2D eigenvalue weighted by Crippen LogP contribution is -2.34. The Balaban J connectivity index is 0.00000196. The Kier molecular flexibility index (Phi) is 5.65. The molecule has 2 aromatic heterocycles. The van der Waals surface area contributed by atoms with Crippen molar-refractivity contribution in [2.75, 3.05) is 0 Å². The van der Waals surface area contributed by atoms with Crippen molar-refractivity contribution >= 4 is 24.0 Å². The summed E-state index contributed by atoms with van der Waals surface area (Å²) in [6, 6.07) is 7.52. The van der Waals surface area contributed by atoms with Crippen LogP contribution in [0.4, 0.5) is 0 Å². The average Bonchev–Trinajstić information content (AvgIpc) is 3.34. The van der Waals surface area contributed by atoms with Crippen LogP contribution in [0.5, 0.6) is 0 Å². The summed E-state index contributed by atoms with van der Waals surface area (Å²) in [6.45, 7) is 0. The molecule has 6 nitrogen and oxygen atoms in total. The summed E-state index contributed by atoms with van der Waals surface area (Å²) in [5.74, 6) is 2.44. The molecular formula is C18H20Cl2N4O2. The van der Waals surface area contributed by atoms with Crippen LogP contribution in [-0.4, -0.2) is 15.1 Å². The molecule has 2 N–H and O–H groups in total. The van der Waals surface area contributed by atoms with Gasteiger partial charge in [0, 0.05) is 18.4 Å². The van der Waals surface area contributed by atoms with Crippen LogP contribution in [0.1, 0.15) is 43.3 Å². The Morgan fingerprint density at radius 3 is 2.62 bits per heavy atom. The fraction of sp³-hybridized carbons (Fsp3) is 0.389. The van der Waals surface area contributed by atoms with Gasteiger partial charge in [0.15, 0.2) is 17.5 Å². The molecule has 1 fully saturated rings. The fourth-order valence-corrected chi connectivity index (χ4v) is 3.44. The Labute approximate surface area is 162 Å². The topological polar surface area (TPSA) is 91.0 Å². The van der Waals surface area contributed by atoms with Crippen LogP contribution in [-0.2, 0) is 18.4 Å². The van der Waals surface area contributed by atoms with Crippen LogP contribution in [0.25, 0.3) is 11.3 Å². The Morgan fingerprint density at radius 1 is 1.12 bits per heavy atom. The van der Waals surface area contributed by atoms with Gasteiger partial charge in [-0.05, 0) is 25.0 Å². The predicted octanol–water partition coefficient (Wildman–Crippen LogP) is 4.31. The third kappa shape index (κ3) is 3.77. The number of aryl methyl sites for hydroxylation is 2. The Morgan fingerprint density at radius 2 is 1.85 bits per heavy atom. The van der Waals surface area contributed by atoms with E-state index in [0.29, 0.717) is 41.2 Å². The molecule has 2 heterocycles. The van der Waals surface area contributed by atoms with Crippen molar-refractivity contribution in [2.24, 2.45) is 5.73 Å². The SMILES string of the molecule is Cl.NC1(c2noc(CCc3ncc(-c4ccccc4Cl)o3)n2)CCCC1. The summed E-state index contributed by atoms with van der Waals surface area (Å²) in [5.41, 5.74) is 6.75. The lowest BCUT2D eigenvalue weighted by molar-refractivity contribution is 0.346. The van der Waals surface area contributed by atoms with Gasteiger partial charge in [0.25, 0.3) is 0 Å². The fourth-order valence-electron chi connectivity index (χ4n) is 3.21. The highest BCUT2D eigenvalue weighted by Gasteiger charge is 2.35. The van der Waals surface area contributed by atoms with Crippen molar-refractivity contribution in [3.05, 3.63) is 53.1 Å². The molecule has 3 aromatic rings. The van der Waals surface area contributed by atoms with Gasteiger partial charge in [-0.2, -0.15) is 4.98 Å². The second kappa shape index (κ2) is 7.78. The molecule has 0 unspecified atom stereocenters. The van der Waals surface area contributed by atoms with Crippen molar-refractivity contribution in [1.82, 2.24) is 15.1 Å². The summed E-state index contributed by atoms with van der Waals surface area (Å²) >= 11 is 6.19. The molecule has 4 rings (SSSR count). The van der Waals surface area contributed by atoms with E-state index < -0.39 is 5.54 Å². The molecular weight excluding hydrogens is 375 g/mol. The first kappa shape index (κ1) is 18.9. The third-order valence-corrected chi connectivity index (χ3v) is 4.98. The first-order valence-corrected chi connectivity index (χ1v) is 8.83. The first-order valence-electron chi connectivity index (χ1n) is 8.46. The van der Waals surface area contributed by atoms with Crippen molar-refractivity contribution in [3.8, 4) is 11.3 Å². The molecule has 0 saturated heterocycles. The lowest BCUT2D eigenvalue weighted by atomic mass is 9.99. The molecule has 1 aliphatic carbocycles. The lowest BCUT2D eigenvalue weighted by Gasteiger charge is -2.17. The second-order valence-corrected chi connectivity index (χ2v) is 6.88. The number of halogens is 2. The maximum atomic E-state index is 6.35. The van der Waals surface area contributed by atoms with E-state index in [2.05, 4.69) is 15.1 Å². The Hall–Kier alpha value is -1.89. The van der Waals surface area contributed by atoms with Gasteiger partial charge < -0.3 is 14.7 Å². The molecule has 0 amide bonds. The number of oxazole rings is 1. The van der Waals surface area contributed by atoms with E-state index in [9.17, 15) is 0 Å². The summed E-state index contributed by atoms with van der Waals surface area (Å²) < 4.78 is 11.1. The molecule has 0 radical (unpaired) electrons. The smallest absolute Gasteiger partial charge is 0.227 e. The molecule has 8 heteroatoms. The predicted molar refractivity (Wildman–Crippen MR) is 100 cm³/mol. The number of benzene rings is 1. The van der Waals surface area contributed by atoms with Gasteiger partial charge >= 0.3 is 0 Å². The molecule has 1 aromatic carbocycles. The van der Waals surface area contributed by atoms with Crippen LogP contribution in [0.2, 0.25) is 5.02 Å². The van der Waals surface area contributed by atoms with Crippen molar-refractivity contribution < 1.29 is 8.94 Å².